The fourth-order valence-electron chi connectivity index (χ4n) is 2.81. The average Bonchev–Trinajstić information content (AvgIpc) is 2.84. The number of rotatable bonds is 9. The van der Waals surface area contributed by atoms with E-state index in [0.717, 1.165) is 17.7 Å². The standard InChI is InChI=1S/C23H19N5O7/c1-15-2-8-18(9-3-15)25-22(29)14-35-23(30)17-6-4-16(5-7-17)13-24-26-20-11-10-19(27(31)32)12-21(20)28(33)34/h2-13,26H,14H2,1H3,(H,25,29)/b24-13+. The monoisotopic (exact) mass is 477 g/mol. The Hall–Kier alpha value is -5.13. The highest BCUT2D eigenvalue weighted by Crippen LogP contribution is 2.28. The molecule has 0 atom stereocenters. The fraction of sp³-hybridized carbons (Fsp3) is 0.0870. The number of ether oxygens (including phenoxy) is 1. The smallest absolute Gasteiger partial charge is 0.338 e. The Kier molecular flexibility index (Phi) is 7.80. The van der Waals surface area contributed by atoms with E-state index >= 15 is 0 Å². The van der Waals surface area contributed by atoms with E-state index in [0.29, 0.717) is 11.3 Å². The molecule has 0 aliphatic heterocycles. The Labute approximate surface area is 198 Å². The van der Waals surface area contributed by atoms with E-state index in [-0.39, 0.29) is 11.3 Å². The fourth-order valence-corrected chi connectivity index (χ4v) is 2.81. The summed E-state index contributed by atoms with van der Waals surface area (Å²) in [7, 11) is 0. The minimum atomic E-state index is -0.758. The van der Waals surface area contributed by atoms with Crippen molar-refractivity contribution in [2.45, 2.75) is 6.92 Å². The van der Waals surface area contributed by atoms with Crippen LogP contribution in [0.4, 0.5) is 22.7 Å². The van der Waals surface area contributed by atoms with Crippen LogP contribution in [0.3, 0.4) is 0 Å². The lowest BCUT2D eigenvalue weighted by atomic mass is 10.1. The van der Waals surface area contributed by atoms with Crippen molar-refractivity contribution in [1.29, 1.82) is 0 Å². The molecule has 3 aromatic rings. The van der Waals surface area contributed by atoms with Crippen LogP contribution in [0.5, 0.6) is 0 Å². The third kappa shape index (κ3) is 6.92. The van der Waals surface area contributed by atoms with Crippen molar-refractivity contribution in [2.24, 2.45) is 5.10 Å². The van der Waals surface area contributed by atoms with E-state index in [2.05, 4.69) is 15.8 Å². The van der Waals surface area contributed by atoms with Crippen molar-refractivity contribution in [3.05, 3.63) is 104 Å². The van der Waals surface area contributed by atoms with Crippen LogP contribution in [-0.4, -0.2) is 34.5 Å². The molecular formula is C23H19N5O7. The van der Waals surface area contributed by atoms with Crippen LogP contribution in [-0.2, 0) is 9.53 Å². The van der Waals surface area contributed by atoms with Crippen LogP contribution in [0.25, 0.3) is 0 Å². The maximum absolute atomic E-state index is 12.2. The van der Waals surface area contributed by atoms with Gasteiger partial charge >= 0.3 is 11.7 Å². The molecular weight excluding hydrogens is 458 g/mol. The summed E-state index contributed by atoms with van der Waals surface area (Å²) in [5.41, 5.74) is 3.93. The number of nitrogens with one attached hydrogen (secondary N) is 2. The van der Waals surface area contributed by atoms with Gasteiger partial charge in [-0.15, -0.1) is 0 Å². The molecule has 12 heteroatoms. The molecule has 0 bridgehead atoms. The largest absolute Gasteiger partial charge is 0.452 e. The Morgan fingerprint density at radius 2 is 1.66 bits per heavy atom. The lowest BCUT2D eigenvalue weighted by Gasteiger charge is -2.07. The van der Waals surface area contributed by atoms with Gasteiger partial charge in [0, 0.05) is 11.8 Å². The summed E-state index contributed by atoms with van der Waals surface area (Å²) in [6.45, 7) is 1.47. The van der Waals surface area contributed by atoms with Crippen LogP contribution < -0.4 is 10.7 Å². The van der Waals surface area contributed by atoms with Gasteiger partial charge in [-0.2, -0.15) is 5.10 Å². The molecule has 0 heterocycles. The normalized spacial score (nSPS) is 10.5. The molecule has 0 spiro atoms. The minimum Gasteiger partial charge on any atom is -0.452 e. The highest BCUT2D eigenvalue weighted by atomic mass is 16.6. The Morgan fingerprint density at radius 3 is 2.29 bits per heavy atom. The van der Waals surface area contributed by atoms with Crippen molar-refractivity contribution in [3.8, 4) is 0 Å². The first-order valence-corrected chi connectivity index (χ1v) is 10.1. The SMILES string of the molecule is Cc1ccc(NC(=O)COC(=O)c2ccc(/C=N/Nc3ccc([N+](=O)[O-])cc3[N+](=O)[O-])cc2)cc1. The molecule has 178 valence electrons. The molecule has 0 aliphatic rings. The topological polar surface area (TPSA) is 166 Å². The molecule has 35 heavy (non-hydrogen) atoms. The third-order valence-electron chi connectivity index (χ3n) is 4.60. The lowest BCUT2D eigenvalue weighted by molar-refractivity contribution is -0.393. The van der Waals surface area contributed by atoms with E-state index in [1.807, 2.05) is 19.1 Å². The van der Waals surface area contributed by atoms with Crippen molar-refractivity contribution in [2.75, 3.05) is 17.3 Å². The molecule has 0 saturated carbocycles. The number of anilines is 2. The molecule has 3 aromatic carbocycles. The zero-order valence-corrected chi connectivity index (χ0v) is 18.3. The Balaban J connectivity index is 1.54. The average molecular weight is 477 g/mol. The number of amides is 1. The second-order valence-corrected chi connectivity index (χ2v) is 7.20. The van der Waals surface area contributed by atoms with Crippen molar-refractivity contribution >= 4 is 40.8 Å². The van der Waals surface area contributed by atoms with E-state index in [1.54, 1.807) is 24.3 Å². The van der Waals surface area contributed by atoms with Gasteiger partial charge in [0.25, 0.3) is 11.6 Å². The predicted molar refractivity (Wildman–Crippen MR) is 128 cm³/mol. The summed E-state index contributed by atoms with van der Waals surface area (Å²) in [4.78, 5) is 44.6. The van der Waals surface area contributed by atoms with Gasteiger partial charge in [0.1, 0.15) is 5.69 Å². The maximum atomic E-state index is 12.2. The number of carbonyl (C=O) groups excluding carboxylic acids is 2. The molecule has 0 fully saturated rings. The van der Waals surface area contributed by atoms with E-state index < -0.39 is 39.7 Å². The zero-order valence-electron chi connectivity index (χ0n) is 18.3. The first-order chi connectivity index (χ1) is 16.7. The predicted octanol–water partition coefficient (Wildman–Crippen LogP) is 4.05. The summed E-state index contributed by atoms with van der Waals surface area (Å²) < 4.78 is 5.02. The number of aryl methyl sites for hydroxylation is 1. The lowest BCUT2D eigenvalue weighted by Crippen LogP contribution is -2.20. The number of non-ortho nitro benzene ring substituents is 1. The molecule has 3 rings (SSSR count). The molecule has 0 unspecified atom stereocenters. The maximum Gasteiger partial charge on any atom is 0.338 e. The van der Waals surface area contributed by atoms with Crippen molar-refractivity contribution in [3.63, 3.8) is 0 Å². The summed E-state index contributed by atoms with van der Waals surface area (Å²) in [5.74, 6) is -1.16. The number of carbonyl (C=O) groups is 2. The number of nitro groups is 2. The van der Waals surface area contributed by atoms with Crippen molar-refractivity contribution < 1.29 is 24.2 Å². The van der Waals surface area contributed by atoms with E-state index in [9.17, 15) is 29.8 Å². The highest BCUT2D eigenvalue weighted by molar-refractivity contribution is 5.95. The molecule has 1 amide bonds. The summed E-state index contributed by atoms with van der Waals surface area (Å²) in [6, 6.07) is 16.3. The van der Waals surface area contributed by atoms with Gasteiger partial charge in [0.2, 0.25) is 0 Å². The van der Waals surface area contributed by atoms with Gasteiger partial charge < -0.3 is 10.1 Å². The molecule has 0 aliphatic carbocycles. The zero-order chi connectivity index (χ0) is 25.4. The van der Waals surface area contributed by atoms with Crippen molar-refractivity contribution in [1.82, 2.24) is 0 Å². The van der Waals surface area contributed by atoms with Crippen LogP contribution in [0, 0.1) is 27.2 Å². The number of hydrazone groups is 1. The van der Waals surface area contributed by atoms with Crippen LogP contribution in [0.15, 0.2) is 71.8 Å². The van der Waals surface area contributed by atoms with Gasteiger partial charge in [-0.05, 0) is 42.8 Å². The molecule has 0 saturated heterocycles. The molecule has 12 nitrogen and oxygen atoms in total. The van der Waals surface area contributed by atoms with E-state index in [4.69, 9.17) is 4.74 Å². The summed E-state index contributed by atoms with van der Waals surface area (Å²) >= 11 is 0. The second-order valence-electron chi connectivity index (χ2n) is 7.20. The van der Waals surface area contributed by atoms with Crippen LogP contribution in [0.2, 0.25) is 0 Å². The quantitative estimate of drug-likeness (QED) is 0.201. The summed E-state index contributed by atoms with van der Waals surface area (Å²) in [5, 5.41) is 28.5. The number of nitrogens with zero attached hydrogens (tertiary/aromatic N) is 3. The first-order valence-electron chi connectivity index (χ1n) is 10.1. The number of hydrogen-bond acceptors (Lipinski definition) is 9. The second kappa shape index (κ2) is 11.1. The first kappa shape index (κ1) is 24.5. The molecule has 2 N–H and O–H groups in total. The van der Waals surface area contributed by atoms with Gasteiger partial charge in [0.15, 0.2) is 6.61 Å². The van der Waals surface area contributed by atoms with E-state index in [1.165, 1.54) is 24.4 Å². The van der Waals surface area contributed by atoms with Crippen LogP contribution in [0.1, 0.15) is 21.5 Å². The van der Waals surface area contributed by atoms with Gasteiger partial charge in [-0.1, -0.05) is 29.8 Å². The Bertz CT molecular complexity index is 1290. The molecule has 0 aromatic heterocycles. The number of benzene rings is 3. The van der Waals surface area contributed by atoms with Gasteiger partial charge in [0.05, 0.1) is 27.7 Å². The minimum absolute atomic E-state index is 0.0269. The number of nitro benzene ring substituents is 2. The summed E-state index contributed by atoms with van der Waals surface area (Å²) in [6.07, 6.45) is 1.34. The van der Waals surface area contributed by atoms with Gasteiger partial charge in [-0.25, -0.2) is 4.79 Å². The Morgan fingerprint density at radius 1 is 0.971 bits per heavy atom. The molecule has 0 radical (unpaired) electrons. The van der Waals surface area contributed by atoms with Crippen LogP contribution >= 0.6 is 0 Å². The number of hydrogen-bond donors (Lipinski definition) is 2. The number of esters is 1. The highest BCUT2D eigenvalue weighted by Gasteiger charge is 2.19. The van der Waals surface area contributed by atoms with Gasteiger partial charge in [-0.3, -0.25) is 30.4 Å². The third-order valence-corrected chi connectivity index (χ3v) is 4.60.